The quantitative estimate of drug-likeness (QED) is 0.509. The lowest BCUT2D eigenvalue weighted by atomic mass is 10.1. The van der Waals surface area contributed by atoms with Gasteiger partial charge in [-0.25, -0.2) is 0 Å². The summed E-state index contributed by atoms with van der Waals surface area (Å²) in [6, 6.07) is 0. The van der Waals surface area contributed by atoms with E-state index < -0.39 is 0 Å². The predicted molar refractivity (Wildman–Crippen MR) is 47.9 cm³/mol. The van der Waals surface area contributed by atoms with Gasteiger partial charge in [0.2, 0.25) is 0 Å². The smallest absolute Gasteiger partial charge is 0.0323 e. The van der Waals surface area contributed by atoms with Gasteiger partial charge < -0.3 is 0 Å². The summed E-state index contributed by atoms with van der Waals surface area (Å²) in [7, 11) is 0. The average Bonchev–Trinajstić information content (AvgIpc) is 1.97. The summed E-state index contributed by atoms with van der Waals surface area (Å²) in [5, 5.41) is 0. The molecule has 0 spiro atoms. The van der Waals surface area contributed by atoms with E-state index in [-0.39, 0.29) is 0 Å². The van der Waals surface area contributed by atoms with Gasteiger partial charge in [0, 0.05) is 0 Å². The van der Waals surface area contributed by atoms with Crippen LogP contribution in [-0.4, -0.2) is 0 Å². The zero-order chi connectivity index (χ0) is 7.82. The van der Waals surface area contributed by atoms with Crippen molar-refractivity contribution in [2.45, 2.75) is 46.0 Å². The lowest BCUT2D eigenvalue weighted by Gasteiger charge is -1.97. The van der Waals surface area contributed by atoms with Crippen LogP contribution in [0.25, 0.3) is 0 Å². The third-order valence-corrected chi connectivity index (χ3v) is 1.62. The molecule has 0 heterocycles. The molecule has 0 aliphatic carbocycles. The van der Waals surface area contributed by atoms with E-state index in [1.807, 2.05) is 0 Å². The third kappa shape index (κ3) is 5.87. The summed E-state index contributed by atoms with van der Waals surface area (Å²) in [5.41, 5.74) is 1.53. The topological polar surface area (TPSA) is 0 Å². The van der Waals surface area contributed by atoms with Gasteiger partial charge in [-0.3, -0.25) is 0 Å². The molecule has 0 nitrogen and oxygen atoms in total. The lowest BCUT2D eigenvalue weighted by Crippen LogP contribution is -1.77. The molecular weight excluding hydrogens is 120 g/mol. The minimum absolute atomic E-state index is 1.03. The summed E-state index contributed by atoms with van der Waals surface area (Å²) in [4.78, 5) is 0. The fourth-order valence-electron chi connectivity index (χ4n) is 0.906. The van der Waals surface area contributed by atoms with Gasteiger partial charge in [-0.2, -0.15) is 0 Å². The molecule has 0 aromatic carbocycles. The van der Waals surface area contributed by atoms with Gasteiger partial charge in [0.1, 0.15) is 0 Å². The monoisotopic (exact) mass is 139 g/mol. The highest BCUT2D eigenvalue weighted by molar-refractivity contribution is 4.97. The van der Waals surface area contributed by atoms with Crippen LogP contribution in [0.15, 0.2) is 11.6 Å². The highest BCUT2D eigenvalue weighted by atomic mass is 13.9. The van der Waals surface area contributed by atoms with E-state index in [2.05, 4.69) is 26.8 Å². The molecule has 0 rings (SSSR count). The van der Waals surface area contributed by atoms with E-state index in [1.54, 1.807) is 0 Å². The van der Waals surface area contributed by atoms with Gasteiger partial charge in [-0.05, 0) is 32.6 Å². The van der Waals surface area contributed by atoms with E-state index in [9.17, 15) is 0 Å². The second-order valence-corrected chi connectivity index (χ2v) is 2.80. The molecule has 0 fully saturated rings. The van der Waals surface area contributed by atoms with Crippen molar-refractivity contribution in [1.82, 2.24) is 0 Å². The molecule has 0 aromatic heterocycles. The average molecular weight is 139 g/mol. The molecule has 0 amide bonds. The van der Waals surface area contributed by atoms with Crippen LogP contribution in [0.5, 0.6) is 0 Å². The van der Waals surface area contributed by atoms with E-state index in [0.29, 0.717) is 0 Å². The molecule has 0 bridgehead atoms. The fourth-order valence-corrected chi connectivity index (χ4v) is 0.906. The van der Waals surface area contributed by atoms with Gasteiger partial charge in [-0.1, -0.05) is 31.9 Å². The second kappa shape index (κ2) is 6.85. The Bertz CT molecular complexity index is 90.2. The Kier molecular flexibility index (Phi) is 6.68. The summed E-state index contributed by atoms with van der Waals surface area (Å²) in [5.74, 6) is 0. The van der Waals surface area contributed by atoms with Crippen molar-refractivity contribution in [3.8, 4) is 0 Å². The molecule has 0 unspecified atom stereocenters. The molecule has 0 saturated heterocycles. The largest absolute Gasteiger partial charge is 0.0856 e. The molecule has 0 heteroatoms. The first-order valence-corrected chi connectivity index (χ1v) is 4.26. The first-order valence-electron chi connectivity index (χ1n) is 4.26. The van der Waals surface area contributed by atoms with Gasteiger partial charge in [-0.15, -0.1) is 0 Å². The van der Waals surface area contributed by atoms with Crippen LogP contribution in [0, 0.1) is 6.92 Å². The van der Waals surface area contributed by atoms with Crippen molar-refractivity contribution in [2.75, 3.05) is 0 Å². The number of hydrogen-bond acceptors (Lipinski definition) is 0. The second-order valence-electron chi connectivity index (χ2n) is 2.80. The summed E-state index contributed by atoms with van der Waals surface area (Å²) < 4.78 is 0. The Morgan fingerprint density at radius 3 is 2.70 bits per heavy atom. The van der Waals surface area contributed by atoms with E-state index in [0.717, 1.165) is 12.8 Å². The Balaban J connectivity index is 3.30. The van der Waals surface area contributed by atoms with E-state index in [4.69, 9.17) is 0 Å². The molecule has 0 aliphatic heterocycles. The molecular formula is C10H19. The fraction of sp³-hybridized carbons (Fsp3) is 0.700. The maximum atomic E-state index is 3.79. The molecule has 59 valence electrons. The SMILES string of the molecule is [CH2]CCC=C(C)CCCC. The van der Waals surface area contributed by atoms with Crippen molar-refractivity contribution < 1.29 is 0 Å². The summed E-state index contributed by atoms with van der Waals surface area (Å²) in [6.45, 7) is 8.24. The van der Waals surface area contributed by atoms with Gasteiger partial charge in [0.25, 0.3) is 0 Å². The Labute approximate surface area is 65.3 Å². The molecule has 1 radical (unpaired) electrons. The maximum absolute atomic E-state index is 3.79. The summed E-state index contributed by atoms with van der Waals surface area (Å²) in [6.07, 6.45) is 8.40. The lowest BCUT2D eigenvalue weighted by molar-refractivity contribution is 0.782. The van der Waals surface area contributed by atoms with Crippen LogP contribution >= 0.6 is 0 Å². The van der Waals surface area contributed by atoms with Crippen molar-refractivity contribution in [2.24, 2.45) is 0 Å². The number of allylic oxidation sites excluding steroid dienone is 2. The molecule has 0 aromatic rings. The maximum Gasteiger partial charge on any atom is -0.0323 e. The van der Waals surface area contributed by atoms with Gasteiger partial charge >= 0.3 is 0 Å². The van der Waals surface area contributed by atoms with E-state index in [1.165, 1.54) is 24.8 Å². The minimum Gasteiger partial charge on any atom is -0.0856 e. The summed E-state index contributed by atoms with van der Waals surface area (Å²) >= 11 is 0. The van der Waals surface area contributed by atoms with Crippen LogP contribution in [0.3, 0.4) is 0 Å². The molecule has 10 heavy (non-hydrogen) atoms. The third-order valence-electron chi connectivity index (χ3n) is 1.62. The predicted octanol–water partition coefficient (Wildman–Crippen LogP) is 3.74. The minimum atomic E-state index is 1.03. The first-order chi connectivity index (χ1) is 4.81. The van der Waals surface area contributed by atoms with E-state index >= 15 is 0 Å². The van der Waals surface area contributed by atoms with Crippen LogP contribution in [0.4, 0.5) is 0 Å². The molecule has 0 saturated carbocycles. The Morgan fingerprint density at radius 2 is 2.20 bits per heavy atom. The molecule has 0 atom stereocenters. The van der Waals surface area contributed by atoms with Crippen LogP contribution in [-0.2, 0) is 0 Å². The zero-order valence-electron chi connectivity index (χ0n) is 7.32. The Hall–Kier alpha value is -0.260. The molecule has 0 N–H and O–H groups in total. The number of rotatable bonds is 5. The van der Waals surface area contributed by atoms with Crippen LogP contribution in [0.2, 0.25) is 0 Å². The van der Waals surface area contributed by atoms with Crippen LogP contribution in [0.1, 0.15) is 46.0 Å². The first kappa shape index (κ1) is 9.74. The zero-order valence-corrected chi connectivity index (χ0v) is 7.32. The standard InChI is InChI=1S/C10H19/c1-4-6-8-10(3)9-7-5-2/h8H,1,4-7,9H2,2-3H3. The van der Waals surface area contributed by atoms with Gasteiger partial charge in [0.15, 0.2) is 0 Å². The highest BCUT2D eigenvalue weighted by Gasteiger charge is 1.86. The number of hydrogen-bond donors (Lipinski definition) is 0. The van der Waals surface area contributed by atoms with Gasteiger partial charge in [0.05, 0.1) is 0 Å². The van der Waals surface area contributed by atoms with Crippen molar-refractivity contribution in [3.05, 3.63) is 18.6 Å². The normalized spacial score (nSPS) is 12.1. The number of unbranched alkanes of at least 4 members (excludes halogenated alkanes) is 2. The molecule has 0 aliphatic rings. The highest BCUT2D eigenvalue weighted by Crippen LogP contribution is 2.07. The Morgan fingerprint density at radius 1 is 1.50 bits per heavy atom. The van der Waals surface area contributed by atoms with Crippen molar-refractivity contribution >= 4 is 0 Å². The van der Waals surface area contributed by atoms with Crippen molar-refractivity contribution in [1.29, 1.82) is 0 Å². The van der Waals surface area contributed by atoms with Crippen molar-refractivity contribution in [3.63, 3.8) is 0 Å². The van der Waals surface area contributed by atoms with Crippen LogP contribution < -0.4 is 0 Å².